The molecule has 1 saturated heterocycles. The number of aromatic nitrogens is 2. The van der Waals surface area contributed by atoms with Gasteiger partial charge in [-0.1, -0.05) is 17.5 Å². The molecule has 0 spiro atoms. The first-order chi connectivity index (χ1) is 13.5. The molecule has 1 N–H and O–H groups in total. The third-order valence-corrected chi connectivity index (χ3v) is 5.69. The van der Waals surface area contributed by atoms with E-state index in [1.54, 1.807) is 18.2 Å². The molecular formula is C18H16ClN2O6P. The highest BCUT2D eigenvalue weighted by atomic mass is 35.5. The first-order valence-corrected chi connectivity index (χ1v) is 10.0. The summed E-state index contributed by atoms with van der Waals surface area (Å²) in [6.45, 7) is 0.614. The molecule has 2 aliphatic rings. The van der Waals surface area contributed by atoms with Crippen LogP contribution >= 0.6 is 20.2 Å². The van der Waals surface area contributed by atoms with Gasteiger partial charge < -0.3 is 9.26 Å². The first-order valence-electron chi connectivity index (χ1n) is 8.53. The van der Waals surface area contributed by atoms with Gasteiger partial charge in [-0.05, 0) is 31.0 Å². The average Bonchev–Trinajstić information content (AvgIpc) is 3.15. The minimum atomic E-state index is -1.54. The van der Waals surface area contributed by atoms with E-state index < -0.39 is 26.1 Å². The lowest BCUT2D eigenvalue weighted by Crippen LogP contribution is -2.33. The van der Waals surface area contributed by atoms with Gasteiger partial charge in [0, 0.05) is 16.8 Å². The smallest absolute Gasteiger partial charge is 0.397 e. The van der Waals surface area contributed by atoms with E-state index in [4.69, 9.17) is 36.3 Å². The molecule has 2 aromatic rings. The van der Waals surface area contributed by atoms with Crippen molar-refractivity contribution in [3.8, 4) is 18.1 Å². The average molecular weight is 423 g/mol. The number of H-pyrrole nitrogens is 1. The number of hydrogen-bond donors (Lipinski definition) is 1. The lowest BCUT2D eigenvalue weighted by molar-refractivity contribution is -0.0229. The predicted molar refractivity (Wildman–Crippen MR) is 102 cm³/mol. The number of fused-ring (bicyclic) bond motifs is 1. The third kappa shape index (κ3) is 4.00. The van der Waals surface area contributed by atoms with Crippen molar-refractivity contribution in [2.45, 2.75) is 31.8 Å². The molecule has 0 saturated carbocycles. The maximum absolute atomic E-state index is 12.0. The molecule has 1 fully saturated rings. The quantitative estimate of drug-likeness (QED) is 0.601. The van der Waals surface area contributed by atoms with Gasteiger partial charge in [-0.2, -0.15) is 0 Å². The fourth-order valence-electron chi connectivity index (χ4n) is 3.00. The minimum Gasteiger partial charge on any atom is -0.426 e. The van der Waals surface area contributed by atoms with E-state index in [2.05, 4.69) is 10.9 Å². The van der Waals surface area contributed by atoms with E-state index in [0.717, 1.165) is 5.56 Å². The number of ether oxygens (including phenoxy) is 1. The van der Waals surface area contributed by atoms with Gasteiger partial charge in [-0.15, -0.1) is 6.42 Å². The summed E-state index contributed by atoms with van der Waals surface area (Å²) < 4.78 is 24.2. The number of nitrogens with zero attached hydrogens (tertiary/aromatic N) is 1. The van der Waals surface area contributed by atoms with Crippen LogP contribution in [0.15, 0.2) is 34.0 Å². The van der Waals surface area contributed by atoms with Crippen LogP contribution in [0.4, 0.5) is 0 Å². The van der Waals surface area contributed by atoms with Gasteiger partial charge in [0.25, 0.3) is 5.56 Å². The van der Waals surface area contributed by atoms with Gasteiger partial charge in [0.2, 0.25) is 0 Å². The molecule has 1 aromatic heterocycles. The summed E-state index contributed by atoms with van der Waals surface area (Å²) in [4.78, 5) is 25.8. The number of hydrogen-bond acceptors (Lipinski definition) is 6. The highest BCUT2D eigenvalue weighted by Crippen LogP contribution is 2.48. The maximum Gasteiger partial charge on any atom is 0.397 e. The van der Waals surface area contributed by atoms with E-state index in [9.17, 15) is 9.59 Å². The molecular weight excluding hydrogens is 407 g/mol. The van der Waals surface area contributed by atoms with E-state index >= 15 is 0 Å². The van der Waals surface area contributed by atoms with Crippen LogP contribution in [0.2, 0.25) is 5.02 Å². The molecule has 28 heavy (non-hydrogen) atoms. The number of aromatic amines is 1. The van der Waals surface area contributed by atoms with E-state index in [0.29, 0.717) is 30.2 Å². The molecule has 0 bridgehead atoms. The Labute approximate surface area is 166 Å². The lowest BCUT2D eigenvalue weighted by atomic mass is 10.2. The maximum atomic E-state index is 12.0. The zero-order valence-corrected chi connectivity index (χ0v) is 16.2. The molecule has 2 aliphatic heterocycles. The second kappa shape index (κ2) is 8.08. The summed E-state index contributed by atoms with van der Waals surface area (Å²) in [6, 6.07) is 5.32. The molecule has 3 heterocycles. The van der Waals surface area contributed by atoms with Crippen LogP contribution in [0.5, 0.6) is 5.75 Å². The molecule has 146 valence electrons. The predicted octanol–water partition coefficient (Wildman–Crippen LogP) is 2.70. The summed E-state index contributed by atoms with van der Waals surface area (Å²) in [5.74, 6) is 2.94. The van der Waals surface area contributed by atoms with Crippen molar-refractivity contribution >= 4 is 20.2 Å². The molecule has 0 radical (unpaired) electrons. The van der Waals surface area contributed by atoms with Crippen molar-refractivity contribution in [1.82, 2.24) is 9.55 Å². The van der Waals surface area contributed by atoms with Gasteiger partial charge in [-0.25, -0.2) is 4.79 Å². The number of nitrogens with one attached hydrogen (secondary N) is 1. The van der Waals surface area contributed by atoms with Crippen molar-refractivity contribution in [2.75, 3.05) is 6.61 Å². The van der Waals surface area contributed by atoms with Crippen LogP contribution in [-0.4, -0.2) is 22.3 Å². The van der Waals surface area contributed by atoms with Gasteiger partial charge >= 0.3 is 14.3 Å². The molecule has 1 aromatic carbocycles. The second-order valence-corrected chi connectivity index (χ2v) is 7.86. The monoisotopic (exact) mass is 422 g/mol. The molecule has 3 atom stereocenters. The number of terminal acetylenes is 1. The van der Waals surface area contributed by atoms with Crippen molar-refractivity contribution in [3.05, 3.63) is 61.4 Å². The van der Waals surface area contributed by atoms with Gasteiger partial charge in [0.15, 0.2) is 0 Å². The Balaban J connectivity index is 1.35. The number of benzene rings is 1. The first kappa shape index (κ1) is 19.2. The number of halogens is 1. The SMILES string of the molecule is C#Cc1cn(C2CCC(COP3OCc4cc(Cl)ccc4O3)O2)c(=O)[nH]c1=O. The summed E-state index contributed by atoms with van der Waals surface area (Å²) in [5.41, 5.74) is -0.199. The Hall–Kier alpha value is -2.14. The van der Waals surface area contributed by atoms with Crippen LogP contribution in [0.25, 0.3) is 0 Å². The van der Waals surface area contributed by atoms with Crippen molar-refractivity contribution in [2.24, 2.45) is 0 Å². The fraction of sp³-hybridized carbons (Fsp3) is 0.333. The van der Waals surface area contributed by atoms with Crippen LogP contribution in [0.1, 0.15) is 30.2 Å². The highest BCUT2D eigenvalue weighted by Gasteiger charge is 2.30. The molecule has 0 aliphatic carbocycles. The van der Waals surface area contributed by atoms with Crippen molar-refractivity contribution in [3.63, 3.8) is 0 Å². The Bertz CT molecular complexity index is 1050. The zero-order valence-electron chi connectivity index (χ0n) is 14.6. The molecule has 10 heteroatoms. The molecule has 8 nitrogen and oxygen atoms in total. The van der Waals surface area contributed by atoms with Crippen LogP contribution in [0, 0.1) is 12.3 Å². The molecule has 4 rings (SSSR count). The minimum absolute atomic E-state index is 0.0779. The Morgan fingerprint density at radius 1 is 1.39 bits per heavy atom. The van der Waals surface area contributed by atoms with Gasteiger partial charge in [0.05, 0.1) is 19.3 Å². The zero-order chi connectivity index (χ0) is 19.7. The van der Waals surface area contributed by atoms with Crippen molar-refractivity contribution < 1.29 is 18.3 Å². The highest BCUT2D eigenvalue weighted by molar-refractivity contribution is 7.42. The normalized spacial score (nSPS) is 23.6. The standard InChI is InChI=1S/C18H16ClN2O6P/c1-2-11-8-21(18(23)20-17(11)22)16-6-4-14(26-16)10-25-28-24-9-12-7-13(19)3-5-15(12)27-28/h1,3,5,7-8,14,16H,4,6,9-10H2,(H,20,22,23). The second-order valence-electron chi connectivity index (χ2n) is 6.28. The molecule has 0 amide bonds. The largest absolute Gasteiger partial charge is 0.426 e. The van der Waals surface area contributed by atoms with Crippen LogP contribution in [0.3, 0.4) is 0 Å². The topological polar surface area (TPSA) is 91.8 Å². The van der Waals surface area contributed by atoms with Crippen molar-refractivity contribution in [1.29, 1.82) is 0 Å². The summed E-state index contributed by atoms with van der Waals surface area (Å²) in [5, 5.41) is 0.619. The Morgan fingerprint density at radius 2 is 2.25 bits per heavy atom. The fourth-order valence-corrected chi connectivity index (χ4v) is 4.25. The molecule has 3 unspecified atom stereocenters. The van der Waals surface area contributed by atoms with Crippen LogP contribution < -0.4 is 15.8 Å². The summed E-state index contributed by atoms with van der Waals surface area (Å²) in [7, 11) is -1.54. The van der Waals surface area contributed by atoms with Crippen LogP contribution in [-0.2, 0) is 20.4 Å². The van der Waals surface area contributed by atoms with E-state index in [1.165, 1.54) is 10.8 Å². The summed E-state index contributed by atoms with van der Waals surface area (Å²) in [6.07, 6.45) is 7.14. The lowest BCUT2D eigenvalue weighted by Gasteiger charge is -2.25. The Morgan fingerprint density at radius 3 is 3.07 bits per heavy atom. The van der Waals surface area contributed by atoms with Gasteiger partial charge in [-0.3, -0.25) is 23.4 Å². The number of rotatable bonds is 4. The Kier molecular flexibility index (Phi) is 5.54. The summed E-state index contributed by atoms with van der Waals surface area (Å²) >= 11 is 5.95. The van der Waals surface area contributed by atoms with E-state index in [1.807, 2.05) is 0 Å². The van der Waals surface area contributed by atoms with Gasteiger partial charge in [0.1, 0.15) is 17.5 Å². The van der Waals surface area contributed by atoms with E-state index in [-0.39, 0.29) is 18.3 Å². The third-order valence-electron chi connectivity index (χ3n) is 4.41.